The number of benzene rings is 1. The van der Waals surface area contributed by atoms with Crippen LogP contribution in [0.25, 0.3) is 0 Å². The summed E-state index contributed by atoms with van der Waals surface area (Å²) in [5, 5.41) is 8.81. The van der Waals surface area contributed by atoms with Gasteiger partial charge in [0.2, 0.25) is 0 Å². The lowest BCUT2D eigenvalue weighted by molar-refractivity contribution is -0.146. The Labute approximate surface area is 119 Å². The highest BCUT2D eigenvalue weighted by Gasteiger charge is 2.35. The van der Waals surface area contributed by atoms with Crippen LogP contribution in [0.2, 0.25) is 0 Å². The van der Waals surface area contributed by atoms with Gasteiger partial charge in [-0.05, 0) is 50.5 Å². The smallest absolute Gasteiger partial charge is 0.335 e. The molecule has 1 atom stereocenters. The summed E-state index contributed by atoms with van der Waals surface area (Å²) >= 11 is 0. The van der Waals surface area contributed by atoms with E-state index in [1.54, 1.807) is 0 Å². The van der Waals surface area contributed by atoms with Crippen molar-refractivity contribution in [2.45, 2.75) is 40.5 Å². The van der Waals surface area contributed by atoms with Crippen molar-refractivity contribution >= 4 is 11.9 Å². The summed E-state index contributed by atoms with van der Waals surface area (Å²) < 4.78 is 5.35. The molecule has 0 saturated heterocycles. The third-order valence-electron chi connectivity index (χ3n) is 3.79. The van der Waals surface area contributed by atoms with E-state index in [1.165, 1.54) is 24.3 Å². The van der Waals surface area contributed by atoms with Crippen molar-refractivity contribution in [2.75, 3.05) is 0 Å². The number of hydrogen-bond donors (Lipinski definition) is 1. The minimum atomic E-state index is -1.00. The van der Waals surface area contributed by atoms with Gasteiger partial charge >= 0.3 is 11.9 Å². The van der Waals surface area contributed by atoms with Gasteiger partial charge < -0.3 is 9.84 Å². The van der Waals surface area contributed by atoms with Gasteiger partial charge in [0.15, 0.2) is 0 Å². The van der Waals surface area contributed by atoms with Gasteiger partial charge in [-0.25, -0.2) is 4.79 Å². The van der Waals surface area contributed by atoms with Gasteiger partial charge in [-0.3, -0.25) is 4.79 Å². The average molecular weight is 278 g/mol. The van der Waals surface area contributed by atoms with Crippen LogP contribution in [0, 0.1) is 11.3 Å². The minimum absolute atomic E-state index is 0.170. The van der Waals surface area contributed by atoms with E-state index in [4.69, 9.17) is 9.84 Å². The lowest BCUT2D eigenvalue weighted by atomic mass is 9.78. The second kappa shape index (κ2) is 6.55. The van der Waals surface area contributed by atoms with Crippen LogP contribution >= 0.6 is 0 Å². The van der Waals surface area contributed by atoms with Gasteiger partial charge in [0.1, 0.15) is 5.75 Å². The van der Waals surface area contributed by atoms with E-state index in [1.807, 2.05) is 20.8 Å². The maximum absolute atomic E-state index is 12.2. The molecule has 0 saturated carbocycles. The second-order valence-corrected chi connectivity index (χ2v) is 5.63. The molecule has 0 aliphatic heterocycles. The van der Waals surface area contributed by atoms with Crippen LogP contribution < -0.4 is 4.74 Å². The van der Waals surface area contributed by atoms with Gasteiger partial charge in [0.05, 0.1) is 11.0 Å². The summed E-state index contributed by atoms with van der Waals surface area (Å²) in [7, 11) is 0. The van der Waals surface area contributed by atoms with Crippen LogP contribution in [0.1, 0.15) is 50.9 Å². The van der Waals surface area contributed by atoms with Crippen LogP contribution in [-0.2, 0) is 4.79 Å². The third kappa shape index (κ3) is 3.83. The van der Waals surface area contributed by atoms with Crippen LogP contribution in [-0.4, -0.2) is 17.0 Å². The molecule has 1 aromatic rings. The zero-order chi connectivity index (χ0) is 15.3. The number of carboxylic acid groups (broad SMARTS) is 1. The largest absolute Gasteiger partial charge is 0.478 e. The number of esters is 1. The molecule has 0 heterocycles. The monoisotopic (exact) mass is 278 g/mol. The van der Waals surface area contributed by atoms with Crippen molar-refractivity contribution in [3.63, 3.8) is 0 Å². The quantitative estimate of drug-likeness (QED) is 0.635. The molecule has 0 radical (unpaired) electrons. The summed E-state index contributed by atoms with van der Waals surface area (Å²) in [4.78, 5) is 23.0. The number of rotatable bonds is 6. The van der Waals surface area contributed by atoms with Crippen molar-refractivity contribution in [3.05, 3.63) is 29.8 Å². The van der Waals surface area contributed by atoms with E-state index in [9.17, 15) is 9.59 Å². The van der Waals surface area contributed by atoms with Gasteiger partial charge in [-0.15, -0.1) is 0 Å². The molecule has 20 heavy (non-hydrogen) atoms. The maximum atomic E-state index is 12.2. The van der Waals surface area contributed by atoms with E-state index in [0.29, 0.717) is 5.75 Å². The second-order valence-electron chi connectivity index (χ2n) is 5.63. The summed E-state index contributed by atoms with van der Waals surface area (Å²) in [6, 6.07) is 5.85. The predicted octanol–water partition coefficient (Wildman–Crippen LogP) is 3.75. The Balaban J connectivity index is 2.77. The summed E-state index contributed by atoms with van der Waals surface area (Å²) in [5.74, 6) is -0.698. The summed E-state index contributed by atoms with van der Waals surface area (Å²) in [6.45, 7) is 7.88. The third-order valence-corrected chi connectivity index (χ3v) is 3.79. The first-order valence-electron chi connectivity index (χ1n) is 6.84. The zero-order valence-electron chi connectivity index (χ0n) is 12.5. The number of aromatic carboxylic acids is 1. The molecule has 4 nitrogen and oxygen atoms in total. The Hall–Kier alpha value is -1.84. The number of carbonyl (C=O) groups is 2. The predicted molar refractivity (Wildman–Crippen MR) is 76.9 cm³/mol. The Kier molecular flexibility index (Phi) is 5.31. The molecule has 1 rings (SSSR count). The van der Waals surface area contributed by atoms with Gasteiger partial charge in [0.25, 0.3) is 0 Å². The van der Waals surface area contributed by atoms with Gasteiger partial charge in [0, 0.05) is 0 Å². The van der Waals surface area contributed by atoms with E-state index in [-0.39, 0.29) is 17.5 Å². The molecule has 0 aliphatic rings. The normalized spacial score (nSPS) is 12.8. The van der Waals surface area contributed by atoms with Crippen molar-refractivity contribution in [1.82, 2.24) is 0 Å². The number of hydrogen-bond acceptors (Lipinski definition) is 3. The number of carboxylic acids is 1. The molecule has 1 N–H and O–H groups in total. The van der Waals surface area contributed by atoms with Crippen molar-refractivity contribution in [1.29, 1.82) is 0 Å². The molecular weight excluding hydrogens is 256 g/mol. The van der Waals surface area contributed by atoms with Gasteiger partial charge in [-0.2, -0.15) is 0 Å². The zero-order valence-corrected chi connectivity index (χ0v) is 12.5. The van der Waals surface area contributed by atoms with E-state index in [2.05, 4.69) is 6.92 Å². The SMILES string of the molecule is CCCC(C)C(C)(C)C(=O)Oc1ccc(C(=O)O)cc1. The van der Waals surface area contributed by atoms with E-state index >= 15 is 0 Å². The van der Waals surface area contributed by atoms with E-state index < -0.39 is 11.4 Å². The first-order valence-corrected chi connectivity index (χ1v) is 6.84. The molecular formula is C16H22O4. The fraction of sp³-hybridized carbons (Fsp3) is 0.500. The maximum Gasteiger partial charge on any atom is 0.335 e. The Morgan fingerprint density at radius 2 is 1.80 bits per heavy atom. The van der Waals surface area contributed by atoms with Crippen LogP contribution in [0.5, 0.6) is 5.75 Å². The Bertz CT molecular complexity index is 474. The first kappa shape index (κ1) is 16.2. The van der Waals surface area contributed by atoms with Crippen molar-refractivity contribution in [3.8, 4) is 5.75 Å². The van der Waals surface area contributed by atoms with Crippen molar-refractivity contribution in [2.24, 2.45) is 11.3 Å². The lowest BCUT2D eigenvalue weighted by Crippen LogP contribution is -2.35. The Morgan fingerprint density at radius 3 is 2.25 bits per heavy atom. The first-order chi connectivity index (χ1) is 9.28. The van der Waals surface area contributed by atoms with Crippen LogP contribution in [0.15, 0.2) is 24.3 Å². The van der Waals surface area contributed by atoms with Crippen LogP contribution in [0.4, 0.5) is 0 Å². The fourth-order valence-corrected chi connectivity index (χ4v) is 1.90. The molecule has 0 aromatic heterocycles. The Morgan fingerprint density at radius 1 is 1.25 bits per heavy atom. The molecule has 0 spiro atoms. The van der Waals surface area contributed by atoms with Gasteiger partial charge in [-0.1, -0.05) is 20.3 Å². The fourth-order valence-electron chi connectivity index (χ4n) is 1.90. The molecule has 4 heteroatoms. The molecule has 0 fully saturated rings. The average Bonchev–Trinajstić information content (AvgIpc) is 2.39. The minimum Gasteiger partial charge on any atom is -0.478 e. The highest BCUT2D eigenvalue weighted by Crippen LogP contribution is 2.32. The highest BCUT2D eigenvalue weighted by atomic mass is 16.5. The van der Waals surface area contributed by atoms with Crippen LogP contribution in [0.3, 0.4) is 0 Å². The summed E-state index contributed by atoms with van der Waals surface area (Å²) in [5.41, 5.74) is -0.398. The van der Waals surface area contributed by atoms with Crippen molar-refractivity contribution < 1.29 is 19.4 Å². The topological polar surface area (TPSA) is 63.6 Å². The molecule has 1 unspecified atom stereocenters. The molecule has 1 aromatic carbocycles. The number of ether oxygens (including phenoxy) is 1. The molecule has 0 aliphatic carbocycles. The lowest BCUT2D eigenvalue weighted by Gasteiger charge is -2.29. The summed E-state index contributed by atoms with van der Waals surface area (Å²) in [6.07, 6.45) is 1.98. The standard InChI is InChI=1S/C16H22O4/c1-5-6-11(2)16(3,4)15(19)20-13-9-7-12(8-10-13)14(17)18/h7-11H,5-6H2,1-4H3,(H,17,18). The molecule has 0 amide bonds. The molecule has 0 bridgehead atoms. The number of carbonyl (C=O) groups excluding carboxylic acids is 1. The molecule has 110 valence electrons. The van der Waals surface area contributed by atoms with E-state index in [0.717, 1.165) is 12.8 Å². The highest BCUT2D eigenvalue weighted by molar-refractivity contribution is 5.87.